The molecule has 1 aromatic carbocycles. The zero-order valence-corrected chi connectivity index (χ0v) is 18.1. The van der Waals surface area contributed by atoms with Crippen LogP contribution < -0.4 is 10.6 Å². The number of aromatic nitrogens is 2. The third kappa shape index (κ3) is 5.84. The van der Waals surface area contributed by atoms with Crippen LogP contribution in [0.25, 0.3) is 11.4 Å². The summed E-state index contributed by atoms with van der Waals surface area (Å²) in [4.78, 5) is 8.70. The Hall–Kier alpha value is -1.35. The third-order valence-electron chi connectivity index (χ3n) is 4.48. The molecule has 0 bridgehead atoms. The number of halogens is 2. The number of aliphatic imine (C=N–C) groups is 1. The van der Waals surface area contributed by atoms with Crippen LogP contribution in [-0.2, 0) is 6.54 Å². The minimum atomic E-state index is 0. The molecule has 1 aromatic heterocycles. The van der Waals surface area contributed by atoms with E-state index in [0.29, 0.717) is 29.3 Å². The predicted octanol–water partition coefficient (Wildman–Crippen LogP) is 4.25. The second-order valence-electron chi connectivity index (χ2n) is 6.56. The first-order valence-electron chi connectivity index (χ1n) is 8.69. The van der Waals surface area contributed by atoms with Crippen molar-refractivity contribution in [3.05, 3.63) is 35.2 Å². The SMILES string of the molecule is CN=C(NCc1nc(-c2ccc(Cl)cc2)no1)NC1CCCC(C)C1.I. The van der Waals surface area contributed by atoms with Crippen molar-refractivity contribution < 1.29 is 4.52 Å². The van der Waals surface area contributed by atoms with Gasteiger partial charge in [-0.2, -0.15) is 4.98 Å². The van der Waals surface area contributed by atoms with E-state index in [2.05, 4.69) is 32.7 Å². The van der Waals surface area contributed by atoms with E-state index in [1.807, 2.05) is 24.3 Å². The van der Waals surface area contributed by atoms with Gasteiger partial charge in [0.15, 0.2) is 5.96 Å². The second kappa shape index (κ2) is 10.1. The van der Waals surface area contributed by atoms with E-state index >= 15 is 0 Å². The molecular formula is C18H25ClIN5O. The first-order valence-corrected chi connectivity index (χ1v) is 9.07. The normalized spacial score (nSPS) is 20.3. The summed E-state index contributed by atoms with van der Waals surface area (Å²) in [7, 11) is 1.77. The van der Waals surface area contributed by atoms with Gasteiger partial charge in [-0.1, -0.05) is 36.5 Å². The smallest absolute Gasteiger partial charge is 0.246 e. The Morgan fingerprint density at radius 1 is 1.31 bits per heavy atom. The van der Waals surface area contributed by atoms with E-state index in [1.54, 1.807) is 7.05 Å². The van der Waals surface area contributed by atoms with Crippen LogP contribution in [0.5, 0.6) is 0 Å². The zero-order chi connectivity index (χ0) is 17.6. The first kappa shape index (κ1) is 21.0. The van der Waals surface area contributed by atoms with E-state index in [0.717, 1.165) is 17.4 Å². The van der Waals surface area contributed by atoms with E-state index in [9.17, 15) is 0 Å². The van der Waals surface area contributed by atoms with Gasteiger partial charge in [-0.3, -0.25) is 4.99 Å². The van der Waals surface area contributed by atoms with Crippen molar-refractivity contribution in [2.75, 3.05) is 7.05 Å². The summed E-state index contributed by atoms with van der Waals surface area (Å²) in [6, 6.07) is 7.83. The van der Waals surface area contributed by atoms with Gasteiger partial charge >= 0.3 is 0 Å². The fourth-order valence-electron chi connectivity index (χ4n) is 3.16. The van der Waals surface area contributed by atoms with Gasteiger partial charge in [-0.05, 0) is 43.0 Å². The van der Waals surface area contributed by atoms with Gasteiger partial charge in [-0.15, -0.1) is 24.0 Å². The second-order valence-corrected chi connectivity index (χ2v) is 6.99. The monoisotopic (exact) mass is 489 g/mol. The molecule has 0 radical (unpaired) electrons. The lowest BCUT2D eigenvalue weighted by molar-refractivity contribution is 0.323. The van der Waals surface area contributed by atoms with Gasteiger partial charge in [0.25, 0.3) is 0 Å². The summed E-state index contributed by atoms with van der Waals surface area (Å²) in [5.74, 6) is 2.61. The molecule has 1 heterocycles. The van der Waals surface area contributed by atoms with E-state index in [-0.39, 0.29) is 24.0 Å². The number of hydrogen-bond donors (Lipinski definition) is 2. The summed E-state index contributed by atoms with van der Waals surface area (Å²) in [5, 5.41) is 11.4. The Balaban J connectivity index is 0.00000243. The summed E-state index contributed by atoms with van der Waals surface area (Å²) in [6.45, 7) is 2.74. The molecule has 2 atom stereocenters. The van der Waals surface area contributed by atoms with Gasteiger partial charge < -0.3 is 15.2 Å². The lowest BCUT2D eigenvalue weighted by Gasteiger charge is -2.28. The van der Waals surface area contributed by atoms with Gasteiger partial charge in [0.2, 0.25) is 11.7 Å². The highest BCUT2D eigenvalue weighted by atomic mass is 127. The molecule has 0 aliphatic heterocycles. The lowest BCUT2D eigenvalue weighted by atomic mass is 9.87. The van der Waals surface area contributed by atoms with Crippen molar-refractivity contribution in [2.45, 2.75) is 45.2 Å². The molecule has 3 rings (SSSR count). The van der Waals surface area contributed by atoms with Gasteiger partial charge in [-0.25, -0.2) is 0 Å². The van der Waals surface area contributed by atoms with E-state index in [1.165, 1.54) is 25.7 Å². The molecule has 26 heavy (non-hydrogen) atoms. The average Bonchev–Trinajstić information content (AvgIpc) is 3.08. The molecule has 1 fully saturated rings. The fraction of sp³-hybridized carbons (Fsp3) is 0.500. The topological polar surface area (TPSA) is 75.3 Å². The number of benzene rings is 1. The van der Waals surface area contributed by atoms with E-state index < -0.39 is 0 Å². The van der Waals surface area contributed by atoms with Crippen molar-refractivity contribution in [3.63, 3.8) is 0 Å². The quantitative estimate of drug-likeness (QED) is 0.381. The molecule has 0 saturated heterocycles. The van der Waals surface area contributed by atoms with E-state index in [4.69, 9.17) is 16.1 Å². The number of nitrogens with one attached hydrogen (secondary N) is 2. The highest BCUT2D eigenvalue weighted by Crippen LogP contribution is 2.23. The maximum atomic E-state index is 5.90. The first-order chi connectivity index (χ1) is 12.1. The summed E-state index contributed by atoms with van der Waals surface area (Å²) in [6.07, 6.45) is 4.96. The van der Waals surface area contributed by atoms with Gasteiger partial charge in [0, 0.05) is 23.7 Å². The predicted molar refractivity (Wildman–Crippen MR) is 115 cm³/mol. The molecule has 142 valence electrons. The van der Waals surface area contributed by atoms with Crippen LogP contribution >= 0.6 is 35.6 Å². The third-order valence-corrected chi connectivity index (χ3v) is 4.73. The fourth-order valence-corrected chi connectivity index (χ4v) is 3.28. The van der Waals surface area contributed by atoms with Gasteiger partial charge in [0.1, 0.15) is 0 Å². The Morgan fingerprint density at radius 2 is 2.08 bits per heavy atom. The summed E-state index contributed by atoms with van der Waals surface area (Å²) >= 11 is 5.90. The lowest BCUT2D eigenvalue weighted by Crippen LogP contribution is -2.44. The van der Waals surface area contributed by atoms with Crippen molar-refractivity contribution in [3.8, 4) is 11.4 Å². The number of nitrogens with zero attached hydrogens (tertiary/aromatic N) is 3. The molecular weight excluding hydrogens is 465 g/mol. The average molecular weight is 490 g/mol. The summed E-state index contributed by atoms with van der Waals surface area (Å²) < 4.78 is 5.31. The Bertz CT molecular complexity index is 719. The highest BCUT2D eigenvalue weighted by molar-refractivity contribution is 14.0. The van der Waals surface area contributed by atoms with Crippen LogP contribution in [0.15, 0.2) is 33.8 Å². The van der Waals surface area contributed by atoms with Gasteiger partial charge in [0.05, 0.1) is 6.54 Å². The molecule has 8 heteroatoms. The molecule has 2 N–H and O–H groups in total. The molecule has 1 saturated carbocycles. The van der Waals surface area contributed by atoms with Crippen molar-refractivity contribution >= 4 is 41.5 Å². The van der Waals surface area contributed by atoms with Crippen molar-refractivity contribution in [1.29, 1.82) is 0 Å². The number of rotatable bonds is 4. The highest BCUT2D eigenvalue weighted by Gasteiger charge is 2.19. The number of guanidine groups is 1. The van der Waals surface area contributed by atoms with Crippen LogP contribution in [-0.4, -0.2) is 29.2 Å². The Labute approximate surface area is 176 Å². The van der Waals surface area contributed by atoms with Crippen LogP contribution in [0.4, 0.5) is 0 Å². The molecule has 2 aromatic rings. The molecule has 1 aliphatic rings. The number of hydrogen-bond acceptors (Lipinski definition) is 4. The molecule has 0 amide bonds. The maximum Gasteiger partial charge on any atom is 0.246 e. The zero-order valence-electron chi connectivity index (χ0n) is 15.0. The Morgan fingerprint density at radius 3 is 2.77 bits per heavy atom. The van der Waals surface area contributed by atoms with Crippen LogP contribution in [0, 0.1) is 5.92 Å². The van der Waals surface area contributed by atoms with Crippen LogP contribution in [0.2, 0.25) is 5.02 Å². The van der Waals surface area contributed by atoms with Crippen LogP contribution in [0.1, 0.15) is 38.5 Å². The molecule has 2 unspecified atom stereocenters. The molecule has 6 nitrogen and oxygen atoms in total. The van der Waals surface area contributed by atoms with Crippen molar-refractivity contribution in [1.82, 2.24) is 20.8 Å². The summed E-state index contributed by atoms with van der Waals surface area (Å²) in [5.41, 5.74) is 0.873. The minimum Gasteiger partial charge on any atom is -0.354 e. The minimum absolute atomic E-state index is 0. The Kier molecular flexibility index (Phi) is 8.15. The van der Waals surface area contributed by atoms with Crippen molar-refractivity contribution in [2.24, 2.45) is 10.9 Å². The van der Waals surface area contributed by atoms with Crippen LogP contribution in [0.3, 0.4) is 0 Å². The molecule has 1 aliphatic carbocycles. The maximum absolute atomic E-state index is 5.90. The largest absolute Gasteiger partial charge is 0.354 e. The molecule has 0 spiro atoms. The standard InChI is InChI=1S/C18H24ClN5O.HI/c1-12-4-3-5-15(10-12)22-18(20-2)21-11-16-23-17(24-25-16)13-6-8-14(19)9-7-13;/h6-9,12,15H,3-5,10-11H2,1-2H3,(H2,20,21,22);1H.